The average Bonchev–Trinajstić information content (AvgIpc) is 3.05. The van der Waals surface area contributed by atoms with Crippen molar-refractivity contribution in [3.8, 4) is 0 Å². The molecule has 25 heavy (non-hydrogen) atoms. The first kappa shape index (κ1) is 17.1. The Hall–Kier alpha value is -2.70. The largest absolute Gasteiger partial charge is 0.444 e. The molecule has 1 saturated heterocycles. The molecule has 1 aliphatic heterocycles. The van der Waals surface area contributed by atoms with E-state index in [0.717, 1.165) is 18.7 Å². The molecule has 1 fully saturated rings. The Bertz CT molecular complexity index is 663. The van der Waals surface area contributed by atoms with E-state index in [2.05, 4.69) is 15.2 Å². The lowest BCUT2D eigenvalue weighted by Crippen LogP contribution is -2.47. The highest BCUT2D eigenvalue weighted by atomic mass is 16.6. The number of hydrogen-bond acceptors (Lipinski definition) is 6. The molecular weight excluding hydrogens is 318 g/mol. The number of likely N-dealkylation sites (tertiary alicyclic amines) is 1. The van der Waals surface area contributed by atoms with Crippen molar-refractivity contribution in [1.29, 1.82) is 0 Å². The van der Waals surface area contributed by atoms with Crippen LogP contribution >= 0.6 is 0 Å². The van der Waals surface area contributed by atoms with E-state index in [1.165, 1.54) is 0 Å². The summed E-state index contributed by atoms with van der Waals surface area (Å²) >= 11 is 0. The number of hydrogen-bond donors (Lipinski definition) is 0. The molecule has 1 amide bonds. The molecule has 0 radical (unpaired) electrons. The van der Waals surface area contributed by atoms with E-state index in [1.807, 2.05) is 56.0 Å². The molecule has 0 bridgehead atoms. The first-order valence-corrected chi connectivity index (χ1v) is 8.43. The molecule has 0 saturated carbocycles. The van der Waals surface area contributed by atoms with Crippen molar-refractivity contribution >= 4 is 17.7 Å². The van der Waals surface area contributed by atoms with Crippen LogP contribution < -0.4 is 4.90 Å². The summed E-state index contributed by atoms with van der Waals surface area (Å²) in [6.07, 6.45) is 4.53. The Balaban J connectivity index is 1.94. The van der Waals surface area contributed by atoms with E-state index in [-0.39, 0.29) is 12.3 Å². The van der Waals surface area contributed by atoms with Crippen LogP contribution in [0.3, 0.4) is 0 Å². The van der Waals surface area contributed by atoms with Gasteiger partial charge in [0, 0.05) is 18.9 Å². The third-order valence-electron chi connectivity index (χ3n) is 3.85. The molecule has 132 valence electrons. The van der Waals surface area contributed by atoms with Gasteiger partial charge in [-0.1, -0.05) is 6.07 Å². The summed E-state index contributed by atoms with van der Waals surface area (Å²) in [6, 6.07) is 9.37. The summed E-state index contributed by atoms with van der Waals surface area (Å²) in [5.74, 6) is 1.38. The summed E-state index contributed by atoms with van der Waals surface area (Å²) in [6.45, 7) is 6.25. The molecule has 2 aromatic heterocycles. The van der Waals surface area contributed by atoms with Gasteiger partial charge in [0.25, 0.3) is 0 Å². The minimum atomic E-state index is -0.535. The van der Waals surface area contributed by atoms with Gasteiger partial charge in [0.15, 0.2) is 5.82 Å². The van der Waals surface area contributed by atoms with Crippen LogP contribution in [-0.2, 0) is 4.74 Å². The Morgan fingerprint density at radius 2 is 2.00 bits per heavy atom. The Kier molecular flexibility index (Phi) is 4.83. The molecule has 0 aromatic carbocycles. The quantitative estimate of drug-likeness (QED) is 0.852. The van der Waals surface area contributed by atoms with Gasteiger partial charge in [-0.25, -0.2) is 9.78 Å². The minimum Gasteiger partial charge on any atom is -0.444 e. The second-order valence-electron chi connectivity index (χ2n) is 6.94. The lowest BCUT2D eigenvalue weighted by molar-refractivity contribution is 0.0230. The zero-order valence-corrected chi connectivity index (χ0v) is 14.8. The molecule has 7 nitrogen and oxygen atoms in total. The Morgan fingerprint density at radius 3 is 2.64 bits per heavy atom. The number of amides is 1. The van der Waals surface area contributed by atoms with Crippen molar-refractivity contribution in [2.45, 2.75) is 45.4 Å². The molecule has 1 atom stereocenters. The van der Waals surface area contributed by atoms with Gasteiger partial charge in [-0.05, 0) is 57.9 Å². The monoisotopic (exact) mass is 341 g/mol. The van der Waals surface area contributed by atoms with Crippen molar-refractivity contribution in [1.82, 2.24) is 20.1 Å². The second-order valence-corrected chi connectivity index (χ2v) is 6.94. The third kappa shape index (κ3) is 4.04. The predicted octanol–water partition coefficient (Wildman–Crippen LogP) is 3.37. The average molecular weight is 341 g/mol. The van der Waals surface area contributed by atoms with E-state index in [4.69, 9.17) is 4.74 Å². The van der Waals surface area contributed by atoms with E-state index >= 15 is 0 Å². The molecule has 7 heteroatoms. The van der Waals surface area contributed by atoms with Crippen LogP contribution in [0.4, 0.5) is 16.4 Å². The number of nitrogens with zero attached hydrogens (tertiary/aromatic N) is 5. The van der Waals surface area contributed by atoms with Crippen LogP contribution in [0.2, 0.25) is 0 Å². The Labute approximate surface area is 147 Å². The fraction of sp³-hybridized carbons (Fsp3) is 0.444. The third-order valence-corrected chi connectivity index (χ3v) is 3.85. The summed E-state index contributed by atoms with van der Waals surface area (Å²) in [5.41, 5.74) is -0.535. The van der Waals surface area contributed by atoms with Crippen LogP contribution in [0.25, 0.3) is 0 Å². The highest BCUT2D eigenvalue weighted by molar-refractivity contribution is 5.70. The highest BCUT2D eigenvalue weighted by Gasteiger charge is 2.37. The van der Waals surface area contributed by atoms with Gasteiger partial charge in [-0.2, -0.15) is 5.10 Å². The van der Waals surface area contributed by atoms with Crippen LogP contribution in [0, 0.1) is 0 Å². The van der Waals surface area contributed by atoms with Crippen molar-refractivity contribution < 1.29 is 9.53 Å². The molecule has 0 spiro atoms. The van der Waals surface area contributed by atoms with Crippen molar-refractivity contribution in [2.75, 3.05) is 11.4 Å². The zero-order valence-electron chi connectivity index (χ0n) is 14.8. The number of anilines is 2. The fourth-order valence-electron chi connectivity index (χ4n) is 2.89. The summed E-state index contributed by atoms with van der Waals surface area (Å²) < 4.78 is 5.58. The molecule has 1 unspecified atom stereocenters. The summed E-state index contributed by atoms with van der Waals surface area (Å²) in [7, 11) is 0. The molecule has 0 N–H and O–H groups in total. The standard InChI is InChI=1S/C18H23N5O2/c1-18(2,3)25-17(24)22-13-7-10-16(22)23(14-8-4-5-11-19-14)15-9-6-12-20-21-15/h4-6,8-9,11-12,16H,7,10,13H2,1-3H3. The zero-order chi connectivity index (χ0) is 17.9. The second kappa shape index (κ2) is 7.04. The van der Waals surface area contributed by atoms with Gasteiger partial charge in [0.2, 0.25) is 0 Å². The molecule has 3 heterocycles. The predicted molar refractivity (Wildman–Crippen MR) is 94.4 cm³/mol. The van der Waals surface area contributed by atoms with Crippen molar-refractivity contribution in [3.63, 3.8) is 0 Å². The van der Waals surface area contributed by atoms with Crippen LogP contribution in [0.5, 0.6) is 0 Å². The lowest BCUT2D eigenvalue weighted by Gasteiger charge is -2.35. The van der Waals surface area contributed by atoms with E-state index in [9.17, 15) is 4.79 Å². The number of rotatable bonds is 3. The van der Waals surface area contributed by atoms with Crippen LogP contribution in [0.1, 0.15) is 33.6 Å². The maximum absolute atomic E-state index is 12.7. The van der Waals surface area contributed by atoms with Crippen LogP contribution in [-0.4, -0.2) is 44.5 Å². The van der Waals surface area contributed by atoms with Crippen molar-refractivity contribution in [2.24, 2.45) is 0 Å². The Morgan fingerprint density at radius 1 is 1.20 bits per heavy atom. The van der Waals surface area contributed by atoms with Gasteiger partial charge in [-0.15, -0.1) is 5.10 Å². The normalized spacial score (nSPS) is 17.4. The minimum absolute atomic E-state index is 0.207. The number of aromatic nitrogens is 3. The maximum atomic E-state index is 12.7. The molecule has 0 aliphatic carbocycles. The van der Waals surface area contributed by atoms with Crippen molar-refractivity contribution in [3.05, 3.63) is 42.7 Å². The number of carbonyl (C=O) groups is 1. The van der Waals surface area contributed by atoms with E-state index < -0.39 is 5.60 Å². The van der Waals surface area contributed by atoms with Gasteiger partial charge >= 0.3 is 6.09 Å². The molecule has 2 aromatic rings. The summed E-state index contributed by atoms with van der Waals surface area (Å²) in [5, 5.41) is 8.20. The fourth-order valence-corrected chi connectivity index (χ4v) is 2.89. The first-order chi connectivity index (χ1) is 12.0. The SMILES string of the molecule is CC(C)(C)OC(=O)N1CCCC1N(c1ccccn1)c1cccnn1. The first-order valence-electron chi connectivity index (χ1n) is 8.43. The number of pyridine rings is 1. The topological polar surface area (TPSA) is 71.5 Å². The van der Waals surface area contributed by atoms with Gasteiger partial charge in [0.1, 0.15) is 17.6 Å². The lowest BCUT2D eigenvalue weighted by atomic mass is 10.2. The van der Waals surface area contributed by atoms with Crippen LogP contribution in [0.15, 0.2) is 42.7 Å². The van der Waals surface area contributed by atoms with E-state index in [1.54, 1.807) is 17.3 Å². The maximum Gasteiger partial charge on any atom is 0.411 e. The van der Waals surface area contributed by atoms with E-state index in [0.29, 0.717) is 12.4 Å². The highest BCUT2D eigenvalue weighted by Crippen LogP contribution is 2.31. The molecular formula is C18H23N5O2. The number of carbonyl (C=O) groups excluding carboxylic acids is 1. The van der Waals surface area contributed by atoms with Gasteiger partial charge in [0.05, 0.1) is 0 Å². The summed E-state index contributed by atoms with van der Waals surface area (Å²) in [4.78, 5) is 20.8. The molecule has 1 aliphatic rings. The van der Waals surface area contributed by atoms with Gasteiger partial charge in [-0.3, -0.25) is 9.80 Å². The number of ether oxygens (including phenoxy) is 1. The molecule has 3 rings (SSSR count). The van der Waals surface area contributed by atoms with Gasteiger partial charge < -0.3 is 4.74 Å². The smallest absolute Gasteiger partial charge is 0.411 e.